The second-order valence-electron chi connectivity index (χ2n) is 4.83. The Balaban J connectivity index is 2.05. The Morgan fingerprint density at radius 1 is 1.12 bits per heavy atom. The highest BCUT2D eigenvalue weighted by Crippen LogP contribution is 2.43. The highest BCUT2D eigenvalue weighted by Gasteiger charge is 2.25. The fourth-order valence-electron chi connectivity index (χ4n) is 2.33. The van der Waals surface area contributed by atoms with Crippen LogP contribution in [0, 0.1) is 5.92 Å². The summed E-state index contributed by atoms with van der Waals surface area (Å²) in [6, 6.07) is 12.6. The van der Waals surface area contributed by atoms with Crippen molar-refractivity contribution in [3.8, 4) is 0 Å². The van der Waals surface area contributed by atoms with Gasteiger partial charge in [0, 0.05) is 15.2 Å². The lowest BCUT2D eigenvalue weighted by Gasteiger charge is -2.13. The topological polar surface area (TPSA) is 0 Å². The third kappa shape index (κ3) is 2.36. The first kappa shape index (κ1) is 11.6. The van der Waals surface area contributed by atoms with Crippen molar-refractivity contribution >= 4 is 38.3 Å². The monoisotopic (exact) mass is 308 g/mol. The molecule has 2 aromatic rings. The van der Waals surface area contributed by atoms with Crippen LogP contribution in [0.15, 0.2) is 36.4 Å². The molecule has 0 nitrogen and oxygen atoms in total. The van der Waals surface area contributed by atoms with E-state index in [9.17, 15) is 0 Å². The van der Waals surface area contributed by atoms with E-state index in [4.69, 9.17) is 11.6 Å². The van der Waals surface area contributed by atoms with E-state index >= 15 is 0 Å². The van der Waals surface area contributed by atoms with Gasteiger partial charge in [-0.15, -0.1) is 0 Å². The average Bonchev–Trinajstić information content (AvgIpc) is 3.14. The fraction of sp³-hybridized carbons (Fsp3) is 0.333. The van der Waals surface area contributed by atoms with Gasteiger partial charge in [0.2, 0.25) is 0 Å². The minimum absolute atomic E-state index is 0.456. The summed E-state index contributed by atoms with van der Waals surface area (Å²) >= 11 is 10.1. The van der Waals surface area contributed by atoms with Crippen LogP contribution in [0.4, 0.5) is 0 Å². The maximum absolute atomic E-state index is 6.24. The van der Waals surface area contributed by atoms with E-state index in [1.54, 1.807) is 0 Å². The van der Waals surface area contributed by atoms with Gasteiger partial charge in [0.1, 0.15) is 0 Å². The van der Waals surface area contributed by atoms with Crippen LogP contribution in [0.1, 0.15) is 29.7 Å². The second kappa shape index (κ2) is 4.62. The first-order valence-electron chi connectivity index (χ1n) is 6.07. The Hall–Kier alpha value is -0.530. The predicted octanol–water partition coefficient (Wildman–Crippen LogP) is 5.73. The molecule has 0 radical (unpaired) electrons. The Kier molecular flexibility index (Phi) is 3.14. The highest BCUT2D eigenvalue weighted by molar-refractivity contribution is 9.09. The number of alkyl halides is 1. The average molecular weight is 310 g/mol. The van der Waals surface area contributed by atoms with Crippen LogP contribution in [-0.4, -0.2) is 0 Å². The van der Waals surface area contributed by atoms with E-state index in [0.717, 1.165) is 16.3 Å². The molecule has 1 aliphatic rings. The van der Waals surface area contributed by atoms with Crippen molar-refractivity contribution in [3.05, 3.63) is 47.0 Å². The molecular formula is C15H14BrCl. The van der Waals surface area contributed by atoms with Gasteiger partial charge in [-0.05, 0) is 29.4 Å². The molecule has 17 heavy (non-hydrogen) atoms. The number of fused-ring (bicyclic) bond motifs is 1. The summed E-state index contributed by atoms with van der Waals surface area (Å²) < 4.78 is 0. The molecule has 0 N–H and O–H groups in total. The number of hydrogen-bond acceptors (Lipinski definition) is 0. The molecule has 0 heterocycles. The standard InChI is InChI=1S/C15H14BrCl/c16-14(9-10-5-6-10)12-7-8-15(17)13-4-2-1-3-11(12)13/h1-4,7-8,10,14H,5-6,9H2. The summed E-state index contributed by atoms with van der Waals surface area (Å²) in [6.07, 6.45) is 4.03. The second-order valence-corrected chi connectivity index (χ2v) is 6.34. The van der Waals surface area contributed by atoms with Crippen molar-refractivity contribution in [1.82, 2.24) is 0 Å². The van der Waals surface area contributed by atoms with Crippen molar-refractivity contribution in [1.29, 1.82) is 0 Å². The molecule has 1 fully saturated rings. The van der Waals surface area contributed by atoms with Crippen LogP contribution in [0.25, 0.3) is 10.8 Å². The van der Waals surface area contributed by atoms with Gasteiger partial charge in [0.15, 0.2) is 0 Å². The molecular weight excluding hydrogens is 296 g/mol. The molecule has 1 aliphatic carbocycles. The van der Waals surface area contributed by atoms with E-state index in [1.165, 1.54) is 30.2 Å². The Morgan fingerprint density at radius 3 is 2.53 bits per heavy atom. The Bertz CT molecular complexity index is 546. The highest BCUT2D eigenvalue weighted by atomic mass is 79.9. The molecule has 0 saturated heterocycles. The summed E-state index contributed by atoms with van der Waals surface area (Å²) in [4.78, 5) is 0.456. The third-order valence-electron chi connectivity index (χ3n) is 3.48. The molecule has 0 bridgehead atoms. The van der Waals surface area contributed by atoms with Gasteiger partial charge >= 0.3 is 0 Å². The van der Waals surface area contributed by atoms with Crippen molar-refractivity contribution in [2.45, 2.75) is 24.1 Å². The molecule has 0 spiro atoms. The Labute approximate surface area is 115 Å². The molecule has 3 rings (SSSR count). The molecule has 1 atom stereocenters. The lowest BCUT2D eigenvalue weighted by Crippen LogP contribution is -1.93. The fourth-order valence-corrected chi connectivity index (χ4v) is 3.49. The van der Waals surface area contributed by atoms with E-state index in [1.807, 2.05) is 12.1 Å². The van der Waals surface area contributed by atoms with E-state index in [2.05, 4.69) is 40.2 Å². The van der Waals surface area contributed by atoms with Crippen LogP contribution >= 0.6 is 27.5 Å². The van der Waals surface area contributed by atoms with Gasteiger partial charge in [0.25, 0.3) is 0 Å². The van der Waals surface area contributed by atoms with Crippen molar-refractivity contribution in [2.24, 2.45) is 5.92 Å². The molecule has 0 amide bonds. The van der Waals surface area contributed by atoms with E-state index < -0.39 is 0 Å². The minimum Gasteiger partial charge on any atom is -0.0838 e. The van der Waals surface area contributed by atoms with Crippen LogP contribution < -0.4 is 0 Å². The van der Waals surface area contributed by atoms with Crippen molar-refractivity contribution < 1.29 is 0 Å². The zero-order valence-electron chi connectivity index (χ0n) is 9.50. The number of rotatable bonds is 3. The van der Waals surface area contributed by atoms with Gasteiger partial charge in [-0.1, -0.05) is 70.7 Å². The maximum Gasteiger partial charge on any atom is 0.0484 e. The van der Waals surface area contributed by atoms with Crippen LogP contribution in [-0.2, 0) is 0 Å². The molecule has 1 saturated carbocycles. The van der Waals surface area contributed by atoms with Gasteiger partial charge < -0.3 is 0 Å². The third-order valence-corrected chi connectivity index (χ3v) is 4.68. The summed E-state index contributed by atoms with van der Waals surface area (Å²) in [5.41, 5.74) is 1.37. The zero-order chi connectivity index (χ0) is 11.8. The summed E-state index contributed by atoms with van der Waals surface area (Å²) in [7, 11) is 0. The van der Waals surface area contributed by atoms with E-state index in [0.29, 0.717) is 4.83 Å². The van der Waals surface area contributed by atoms with Gasteiger partial charge in [-0.3, -0.25) is 0 Å². The quantitative estimate of drug-likeness (QED) is 0.635. The molecule has 0 aromatic heterocycles. The first-order valence-corrected chi connectivity index (χ1v) is 7.36. The summed E-state index contributed by atoms with van der Waals surface area (Å²) in [5, 5.41) is 3.28. The van der Waals surface area contributed by atoms with Gasteiger partial charge in [0.05, 0.1) is 0 Å². The van der Waals surface area contributed by atoms with Gasteiger partial charge in [-0.2, -0.15) is 0 Å². The molecule has 88 valence electrons. The number of halogens is 2. The minimum atomic E-state index is 0.456. The molecule has 1 unspecified atom stereocenters. The van der Waals surface area contributed by atoms with Crippen LogP contribution in [0.5, 0.6) is 0 Å². The zero-order valence-corrected chi connectivity index (χ0v) is 11.8. The lowest BCUT2D eigenvalue weighted by atomic mass is 9.99. The van der Waals surface area contributed by atoms with Crippen LogP contribution in [0.2, 0.25) is 5.02 Å². The van der Waals surface area contributed by atoms with Gasteiger partial charge in [-0.25, -0.2) is 0 Å². The predicted molar refractivity (Wildman–Crippen MR) is 78.0 cm³/mol. The normalized spacial score (nSPS) is 17.3. The smallest absolute Gasteiger partial charge is 0.0484 e. The SMILES string of the molecule is Clc1ccc(C(Br)CC2CC2)c2ccccc12. The summed E-state index contributed by atoms with van der Waals surface area (Å²) in [6.45, 7) is 0. The number of benzene rings is 2. The molecule has 2 heteroatoms. The van der Waals surface area contributed by atoms with Crippen molar-refractivity contribution in [2.75, 3.05) is 0 Å². The molecule has 2 aromatic carbocycles. The summed E-state index contributed by atoms with van der Waals surface area (Å²) in [5.74, 6) is 0.925. The first-order chi connectivity index (χ1) is 8.25. The maximum atomic E-state index is 6.24. The lowest BCUT2D eigenvalue weighted by molar-refractivity contribution is 0.724. The number of hydrogen-bond donors (Lipinski definition) is 0. The largest absolute Gasteiger partial charge is 0.0838 e. The van der Waals surface area contributed by atoms with Crippen molar-refractivity contribution in [3.63, 3.8) is 0 Å². The van der Waals surface area contributed by atoms with Crippen LogP contribution in [0.3, 0.4) is 0 Å². The Morgan fingerprint density at radius 2 is 1.82 bits per heavy atom. The van der Waals surface area contributed by atoms with E-state index in [-0.39, 0.29) is 0 Å². The molecule has 0 aliphatic heterocycles.